The van der Waals surface area contributed by atoms with Gasteiger partial charge in [-0.05, 0) is 60.2 Å². The summed E-state index contributed by atoms with van der Waals surface area (Å²) in [6, 6.07) is 6.88. The lowest BCUT2D eigenvalue weighted by Crippen LogP contribution is -2.41. The lowest BCUT2D eigenvalue weighted by molar-refractivity contribution is 0.0845. The number of amides is 2. The molecule has 1 aromatic heterocycles. The van der Waals surface area contributed by atoms with E-state index < -0.39 is 5.91 Å². The predicted octanol–water partition coefficient (Wildman–Crippen LogP) is 2.58. The molecule has 0 saturated carbocycles. The average molecular weight is 384 g/mol. The summed E-state index contributed by atoms with van der Waals surface area (Å²) in [5.41, 5.74) is 6.71. The highest BCUT2D eigenvalue weighted by molar-refractivity contribution is 14.1. The van der Waals surface area contributed by atoms with Crippen molar-refractivity contribution in [2.75, 3.05) is 0 Å². The first kappa shape index (κ1) is 14.6. The lowest BCUT2D eigenvalue weighted by Gasteiger charge is -2.08. The molecule has 2 N–H and O–H groups in total. The number of aryl methyl sites for hydroxylation is 2. The second-order valence-electron chi connectivity index (χ2n) is 4.26. The van der Waals surface area contributed by atoms with Crippen LogP contribution in [0.1, 0.15) is 32.0 Å². The molecule has 0 fully saturated rings. The van der Waals surface area contributed by atoms with Gasteiger partial charge in [-0.3, -0.25) is 20.4 Å². The van der Waals surface area contributed by atoms with Crippen molar-refractivity contribution in [1.29, 1.82) is 0 Å². The summed E-state index contributed by atoms with van der Waals surface area (Å²) in [6.45, 7) is 3.64. The molecule has 0 aliphatic heterocycles. The Labute approximate surface area is 129 Å². The van der Waals surface area contributed by atoms with E-state index in [9.17, 15) is 9.59 Å². The van der Waals surface area contributed by atoms with Crippen LogP contribution in [0.3, 0.4) is 0 Å². The first-order valence-corrected chi connectivity index (χ1v) is 6.98. The zero-order valence-corrected chi connectivity index (χ0v) is 13.1. The predicted molar refractivity (Wildman–Crippen MR) is 82.3 cm³/mol. The summed E-state index contributed by atoms with van der Waals surface area (Å²) < 4.78 is 6.02. The molecule has 0 aliphatic carbocycles. The Hall–Kier alpha value is -1.83. The fourth-order valence-corrected chi connectivity index (χ4v) is 2.12. The Morgan fingerprint density at radius 1 is 1.10 bits per heavy atom. The Balaban J connectivity index is 2.00. The highest BCUT2D eigenvalue weighted by Crippen LogP contribution is 2.13. The Kier molecular flexibility index (Phi) is 4.43. The molecule has 0 unspecified atom stereocenters. The van der Waals surface area contributed by atoms with E-state index in [4.69, 9.17) is 4.42 Å². The van der Waals surface area contributed by atoms with Crippen molar-refractivity contribution in [3.8, 4) is 0 Å². The molecule has 2 rings (SSSR count). The number of hydrazine groups is 1. The Morgan fingerprint density at radius 2 is 1.80 bits per heavy atom. The minimum Gasteiger partial charge on any atom is -0.469 e. The standard InChI is InChI=1S/C14H13IN2O3/c1-8-3-4-10(7-12(8)15)13(18)16-17-14(19)11-5-6-20-9(11)2/h3-7H,1-2H3,(H,16,18)(H,17,19). The van der Waals surface area contributed by atoms with E-state index in [2.05, 4.69) is 33.4 Å². The molecule has 0 spiro atoms. The van der Waals surface area contributed by atoms with Gasteiger partial charge < -0.3 is 4.42 Å². The van der Waals surface area contributed by atoms with Crippen LogP contribution in [-0.4, -0.2) is 11.8 Å². The smallest absolute Gasteiger partial charge is 0.273 e. The van der Waals surface area contributed by atoms with E-state index in [1.54, 1.807) is 25.1 Å². The molecule has 6 heteroatoms. The molecule has 0 radical (unpaired) electrons. The van der Waals surface area contributed by atoms with Crippen LogP contribution < -0.4 is 10.9 Å². The van der Waals surface area contributed by atoms with Crippen LogP contribution in [-0.2, 0) is 0 Å². The van der Waals surface area contributed by atoms with Gasteiger partial charge in [0.05, 0.1) is 11.8 Å². The topological polar surface area (TPSA) is 71.3 Å². The molecule has 0 saturated heterocycles. The van der Waals surface area contributed by atoms with Crippen molar-refractivity contribution >= 4 is 34.4 Å². The van der Waals surface area contributed by atoms with E-state index in [-0.39, 0.29) is 5.91 Å². The third-order valence-electron chi connectivity index (χ3n) is 2.83. The summed E-state index contributed by atoms with van der Waals surface area (Å²) >= 11 is 2.16. The molecule has 104 valence electrons. The van der Waals surface area contributed by atoms with Gasteiger partial charge in [-0.15, -0.1) is 0 Å². The SMILES string of the molecule is Cc1ccc(C(=O)NNC(=O)c2ccoc2C)cc1I. The molecular weight excluding hydrogens is 371 g/mol. The van der Waals surface area contributed by atoms with Crippen molar-refractivity contribution in [2.45, 2.75) is 13.8 Å². The van der Waals surface area contributed by atoms with E-state index in [1.165, 1.54) is 6.26 Å². The summed E-state index contributed by atoms with van der Waals surface area (Å²) in [6.07, 6.45) is 1.43. The number of benzene rings is 1. The van der Waals surface area contributed by atoms with Crippen molar-refractivity contribution in [3.63, 3.8) is 0 Å². The number of hydrogen-bond acceptors (Lipinski definition) is 3. The van der Waals surface area contributed by atoms with Gasteiger partial charge in [-0.25, -0.2) is 0 Å². The monoisotopic (exact) mass is 384 g/mol. The molecule has 2 amide bonds. The normalized spacial score (nSPS) is 10.2. The number of halogens is 1. The van der Waals surface area contributed by atoms with Gasteiger partial charge in [-0.1, -0.05) is 6.07 Å². The first-order chi connectivity index (χ1) is 9.49. The number of rotatable bonds is 2. The van der Waals surface area contributed by atoms with Crippen LogP contribution in [0.25, 0.3) is 0 Å². The van der Waals surface area contributed by atoms with Gasteiger partial charge in [0.15, 0.2) is 0 Å². The summed E-state index contributed by atoms with van der Waals surface area (Å²) in [5, 5.41) is 0. The van der Waals surface area contributed by atoms with E-state index >= 15 is 0 Å². The van der Waals surface area contributed by atoms with Crippen LogP contribution in [0, 0.1) is 17.4 Å². The number of furan rings is 1. The second kappa shape index (κ2) is 6.08. The van der Waals surface area contributed by atoms with Gasteiger partial charge in [-0.2, -0.15) is 0 Å². The van der Waals surface area contributed by atoms with Gasteiger partial charge in [0.2, 0.25) is 0 Å². The molecule has 5 nitrogen and oxygen atoms in total. The van der Waals surface area contributed by atoms with Gasteiger partial charge in [0.1, 0.15) is 5.76 Å². The molecule has 1 aromatic carbocycles. The fraction of sp³-hybridized carbons (Fsp3) is 0.143. The van der Waals surface area contributed by atoms with Crippen molar-refractivity contribution in [3.05, 3.63) is 56.5 Å². The number of nitrogens with one attached hydrogen (secondary N) is 2. The zero-order chi connectivity index (χ0) is 14.7. The van der Waals surface area contributed by atoms with E-state index in [0.717, 1.165) is 9.13 Å². The van der Waals surface area contributed by atoms with Crippen LogP contribution in [0.4, 0.5) is 0 Å². The molecule has 20 heavy (non-hydrogen) atoms. The minimum absolute atomic E-state index is 0.364. The highest BCUT2D eigenvalue weighted by Gasteiger charge is 2.13. The Bertz CT molecular complexity index is 664. The third-order valence-corrected chi connectivity index (χ3v) is 3.99. The van der Waals surface area contributed by atoms with Gasteiger partial charge >= 0.3 is 0 Å². The molecular formula is C14H13IN2O3. The maximum atomic E-state index is 11.9. The number of hydrogen-bond donors (Lipinski definition) is 2. The second-order valence-corrected chi connectivity index (χ2v) is 5.42. The number of carbonyl (C=O) groups is 2. The van der Waals surface area contributed by atoms with Crippen molar-refractivity contribution in [1.82, 2.24) is 10.9 Å². The van der Waals surface area contributed by atoms with E-state index in [0.29, 0.717) is 16.9 Å². The van der Waals surface area contributed by atoms with Crippen molar-refractivity contribution < 1.29 is 14.0 Å². The van der Waals surface area contributed by atoms with Crippen molar-refractivity contribution in [2.24, 2.45) is 0 Å². The number of carbonyl (C=O) groups excluding carboxylic acids is 2. The lowest BCUT2D eigenvalue weighted by atomic mass is 10.1. The quantitative estimate of drug-likeness (QED) is 0.618. The van der Waals surface area contributed by atoms with Crippen LogP contribution in [0.5, 0.6) is 0 Å². The zero-order valence-electron chi connectivity index (χ0n) is 11.0. The maximum absolute atomic E-state index is 11.9. The maximum Gasteiger partial charge on any atom is 0.273 e. The minimum atomic E-state index is -0.411. The average Bonchev–Trinajstić information content (AvgIpc) is 2.85. The largest absolute Gasteiger partial charge is 0.469 e. The third kappa shape index (κ3) is 3.19. The Morgan fingerprint density at radius 3 is 2.40 bits per heavy atom. The summed E-state index contributed by atoms with van der Waals surface area (Å²) in [7, 11) is 0. The summed E-state index contributed by atoms with van der Waals surface area (Å²) in [4.78, 5) is 23.7. The fourth-order valence-electron chi connectivity index (χ4n) is 1.61. The van der Waals surface area contributed by atoms with Crippen LogP contribution >= 0.6 is 22.6 Å². The summed E-state index contributed by atoms with van der Waals surface area (Å²) in [5.74, 6) is -0.273. The van der Waals surface area contributed by atoms with Gasteiger partial charge in [0, 0.05) is 9.13 Å². The molecule has 0 aliphatic rings. The van der Waals surface area contributed by atoms with Crippen LogP contribution in [0.2, 0.25) is 0 Å². The molecule has 1 heterocycles. The molecule has 0 atom stereocenters. The first-order valence-electron chi connectivity index (χ1n) is 5.90. The van der Waals surface area contributed by atoms with Crippen LogP contribution in [0.15, 0.2) is 34.9 Å². The molecule has 2 aromatic rings. The highest BCUT2D eigenvalue weighted by atomic mass is 127. The van der Waals surface area contributed by atoms with E-state index in [1.807, 2.05) is 13.0 Å². The van der Waals surface area contributed by atoms with Gasteiger partial charge in [0.25, 0.3) is 11.8 Å². The molecule has 0 bridgehead atoms.